The molecule has 0 unspecified atom stereocenters. The zero-order valence-corrected chi connectivity index (χ0v) is 25.0. The zero-order chi connectivity index (χ0) is 26.9. The first kappa shape index (κ1) is 28.8. The fourth-order valence-electron chi connectivity index (χ4n) is 4.76. The Morgan fingerprint density at radius 2 is 1.95 bits per heavy atom. The number of allylic oxidation sites excluding steroid dienone is 1. The highest BCUT2D eigenvalue weighted by Crippen LogP contribution is 2.38. The summed E-state index contributed by atoms with van der Waals surface area (Å²) in [6, 6.07) is 16.2. The van der Waals surface area contributed by atoms with Gasteiger partial charge in [0.1, 0.15) is 0 Å². The summed E-state index contributed by atoms with van der Waals surface area (Å²) in [6.45, 7) is 7.97. The van der Waals surface area contributed by atoms with Gasteiger partial charge in [-0.25, -0.2) is 0 Å². The number of amides is 1. The minimum atomic E-state index is 0.577. The third-order valence-electron chi connectivity index (χ3n) is 6.97. The average molecular weight is 568 g/mol. The Bertz CT molecular complexity index is 1260. The minimum absolute atomic E-state index is 0.577. The number of rotatable bonds is 13. The van der Waals surface area contributed by atoms with E-state index in [1.54, 1.807) is 0 Å². The third kappa shape index (κ3) is 7.71. The predicted molar refractivity (Wildman–Crippen MR) is 167 cm³/mol. The van der Waals surface area contributed by atoms with Crippen LogP contribution in [0.1, 0.15) is 63.3 Å². The topological polar surface area (TPSA) is 45.2 Å². The summed E-state index contributed by atoms with van der Waals surface area (Å²) >= 11 is 6.31. The van der Waals surface area contributed by atoms with Crippen LogP contribution in [0.5, 0.6) is 0 Å². The first-order valence-electron chi connectivity index (χ1n) is 13.6. The van der Waals surface area contributed by atoms with Crippen LogP contribution in [0.4, 0.5) is 5.69 Å². The maximum absolute atomic E-state index is 12.1. The number of fused-ring (bicyclic) bond motifs is 2. The van der Waals surface area contributed by atoms with Gasteiger partial charge < -0.3 is 10.2 Å². The largest absolute Gasteiger partial charge is 0.384 e. The van der Waals surface area contributed by atoms with E-state index in [0.717, 1.165) is 65.2 Å². The maximum Gasteiger partial charge on any atom is 0.214 e. The van der Waals surface area contributed by atoms with E-state index in [1.807, 2.05) is 56.8 Å². The molecule has 1 heterocycles. The molecule has 1 aromatic heterocycles. The first-order chi connectivity index (χ1) is 18.5. The second kappa shape index (κ2) is 14.3. The number of carbonyl (C=O) groups excluding carboxylic acids is 1. The number of carbonyl (C=O) groups is 1. The number of hydrogen-bond acceptors (Lipinski definition) is 5. The highest BCUT2D eigenvalue weighted by Gasteiger charge is 2.19. The predicted octanol–water partition coefficient (Wildman–Crippen LogP) is 8.89. The smallest absolute Gasteiger partial charge is 0.214 e. The molecule has 7 heteroatoms. The van der Waals surface area contributed by atoms with Gasteiger partial charge in [0.15, 0.2) is 0 Å². The molecule has 38 heavy (non-hydrogen) atoms. The van der Waals surface area contributed by atoms with E-state index in [-0.39, 0.29) is 0 Å². The number of halogens is 1. The highest BCUT2D eigenvalue weighted by molar-refractivity contribution is 8.78. The first-order valence-corrected chi connectivity index (χ1v) is 16.3. The fraction of sp³-hybridized carbons (Fsp3) is 0.419. The van der Waals surface area contributed by atoms with Gasteiger partial charge in [-0.1, -0.05) is 77.4 Å². The standard InChI is InChI=1S/C31H38ClN3OS2/c1-22(2)16-18-37-38-30(23(3)35(21-36)20-24-9-5-4-6-10-24)15-17-33-31-26-11-7-8-12-28(26)34-29-19-25(32)13-14-27(29)31/h4-6,9-10,13-14,19,21-22H,7-8,11-12,15-18,20H2,1-3H3,(H,33,34)/b30-23-. The van der Waals surface area contributed by atoms with Gasteiger partial charge >= 0.3 is 0 Å². The van der Waals surface area contributed by atoms with E-state index in [2.05, 4.69) is 44.3 Å². The average Bonchev–Trinajstić information content (AvgIpc) is 2.92. The Hall–Kier alpha value is -2.15. The molecule has 0 spiro atoms. The van der Waals surface area contributed by atoms with Gasteiger partial charge in [-0.3, -0.25) is 9.78 Å². The van der Waals surface area contributed by atoms with Crippen LogP contribution in [-0.4, -0.2) is 28.6 Å². The number of aromatic nitrogens is 1. The van der Waals surface area contributed by atoms with Crippen molar-refractivity contribution >= 4 is 56.2 Å². The molecule has 202 valence electrons. The zero-order valence-electron chi connectivity index (χ0n) is 22.6. The Kier molecular flexibility index (Phi) is 10.9. The van der Waals surface area contributed by atoms with Crippen LogP contribution in [0, 0.1) is 5.92 Å². The van der Waals surface area contributed by atoms with Crippen LogP contribution in [0.3, 0.4) is 0 Å². The molecule has 0 saturated heterocycles. The number of pyridine rings is 1. The quantitative estimate of drug-likeness (QED) is 0.127. The fourth-order valence-corrected chi connectivity index (χ4v) is 7.72. The second-order valence-electron chi connectivity index (χ2n) is 10.3. The van der Waals surface area contributed by atoms with Gasteiger partial charge in [0.05, 0.1) is 12.1 Å². The molecule has 0 atom stereocenters. The third-order valence-corrected chi connectivity index (χ3v) is 9.89. The highest BCUT2D eigenvalue weighted by atomic mass is 35.5. The number of aryl methyl sites for hydroxylation is 1. The molecular formula is C31H38ClN3OS2. The summed E-state index contributed by atoms with van der Waals surface area (Å²) in [5.41, 5.74) is 6.87. The second-order valence-corrected chi connectivity index (χ2v) is 13.2. The Morgan fingerprint density at radius 1 is 1.16 bits per heavy atom. The molecule has 1 aliphatic rings. The van der Waals surface area contributed by atoms with Crippen LogP contribution in [-0.2, 0) is 24.2 Å². The number of hydrogen-bond donors (Lipinski definition) is 1. The molecule has 1 N–H and O–H groups in total. The maximum atomic E-state index is 12.1. The van der Waals surface area contributed by atoms with Crippen LogP contribution in [0.2, 0.25) is 5.02 Å². The molecule has 0 radical (unpaired) electrons. The summed E-state index contributed by atoms with van der Waals surface area (Å²) in [7, 11) is 3.71. The molecule has 0 saturated carbocycles. The van der Waals surface area contributed by atoms with Gasteiger partial charge in [0.2, 0.25) is 6.41 Å². The van der Waals surface area contributed by atoms with E-state index < -0.39 is 0 Å². The summed E-state index contributed by atoms with van der Waals surface area (Å²) in [5, 5.41) is 5.64. The number of anilines is 1. The molecule has 3 aromatic rings. The van der Waals surface area contributed by atoms with Crippen molar-refractivity contribution in [1.29, 1.82) is 0 Å². The Balaban J connectivity index is 1.55. The summed E-state index contributed by atoms with van der Waals surface area (Å²) < 4.78 is 0. The van der Waals surface area contributed by atoms with Crippen LogP contribution < -0.4 is 5.32 Å². The lowest BCUT2D eigenvalue weighted by atomic mass is 9.92. The Morgan fingerprint density at radius 3 is 2.71 bits per heavy atom. The van der Waals surface area contributed by atoms with Crippen molar-refractivity contribution < 1.29 is 4.79 Å². The van der Waals surface area contributed by atoms with Gasteiger partial charge in [-0.15, -0.1) is 0 Å². The number of nitrogens with zero attached hydrogens (tertiary/aromatic N) is 2. The lowest BCUT2D eigenvalue weighted by Gasteiger charge is -2.24. The van der Waals surface area contributed by atoms with Crippen molar-refractivity contribution in [2.75, 3.05) is 17.6 Å². The van der Waals surface area contributed by atoms with Gasteiger partial charge in [0, 0.05) is 44.7 Å². The van der Waals surface area contributed by atoms with E-state index in [4.69, 9.17) is 16.6 Å². The molecule has 1 aliphatic carbocycles. The van der Waals surface area contributed by atoms with Crippen LogP contribution >= 0.6 is 33.2 Å². The van der Waals surface area contributed by atoms with Gasteiger partial charge in [-0.2, -0.15) is 0 Å². The molecule has 2 aromatic carbocycles. The summed E-state index contributed by atoms with van der Waals surface area (Å²) in [4.78, 5) is 20.2. The molecule has 0 aliphatic heterocycles. The molecule has 0 fully saturated rings. The van der Waals surface area contributed by atoms with Crippen LogP contribution in [0.25, 0.3) is 10.9 Å². The normalized spacial score (nSPS) is 13.8. The van der Waals surface area contributed by atoms with Crippen molar-refractivity contribution in [3.8, 4) is 0 Å². The van der Waals surface area contributed by atoms with Crippen molar-refractivity contribution in [1.82, 2.24) is 9.88 Å². The lowest BCUT2D eigenvalue weighted by molar-refractivity contribution is -0.116. The molecule has 1 amide bonds. The minimum Gasteiger partial charge on any atom is -0.384 e. The van der Waals surface area contributed by atoms with E-state index in [1.165, 1.54) is 41.1 Å². The van der Waals surface area contributed by atoms with Crippen LogP contribution in [0.15, 0.2) is 59.1 Å². The van der Waals surface area contributed by atoms with E-state index in [0.29, 0.717) is 12.5 Å². The number of nitrogens with one attached hydrogen (secondary N) is 1. The van der Waals surface area contributed by atoms with Crippen molar-refractivity contribution in [3.05, 3.63) is 81.0 Å². The summed E-state index contributed by atoms with van der Waals surface area (Å²) in [6.07, 6.45) is 7.45. The van der Waals surface area contributed by atoms with Gasteiger partial charge in [0.25, 0.3) is 0 Å². The number of benzene rings is 2. The molecular weight excluding hydrogens is 530 g/mol. The lowest BCUT2D eigenvalue weighted by Crippen LogP contribution is -2.21. The molecule has 4 rings (SSSR count). The molecule has 0 bridgehead atoms. The van der Waals surface area contributed by atoms with E-state index >= 15 is 0 Å². The van der Waals surface area contributed by atoms with Crippen molar-refractivity contribution in [2.24, 2.45) is 5.92 Å². The summed E-state index contributed by atoms with van der Waals surface area (Å²) in [5.74, 6) is 1.78. The SMILES string of the molecule is C/C(=C(\CCNc1c2c(nc3cc(Cl)ccc13)CCCC2)SSCCC(C)C)N(C=O)Cc1ccccc1. The van der Waals surface area contributed by atoms with Gasteiger partial charge in [-0.05, 0) is 80.7 Å². The molecule has 4 nitrogen and oxygen atoms in total. The van der Waals surface area contributed by atoms with Crippen molar-refractivity contribution in [2.45, 2.75) is 65.8 Å². The monoisotopic (exact) mass is 567 g/mol. The van der Waals surface area contributed by atoms with Crippen molar-refractivity contribution in [3.63, 3.8) is 0 Å². The Labute approximate surface area is 240 Å². The van der Waals surface area contributed by atoms with E-state index in [9.17, 15) is 4.79 Å².